The highest BCUT2D eigenvalue weighted by Crippen LogP contribution is 1.99. The smallest absolute Gasteiger partial charge is 0.264 e. The van der Waals surface area contributed by atoms with Crippen LogP contribution in [0.25, 0.3) is 0 Å². The molecule has 1 radical (unpaired) electrons. The molecule has 0 saturated heterocycles. The van der Waals surface area contributed by atoms with E-state index in [0.29, 0.717) is 4.88 Å². The van der Waals surface area contributed by atoms with E-state index >= 15 is 0 Å². The minimum absolute atomic E-state index is 0.245. The van der Waals surface area contributed by atoms with Crippen LogP contribution in [-0.2, 0) is 0 Å². The molecule has 4 nitrogen and oxygen atoms in total. The molecule has 1 aromatic rings. The van der Waals surface area contributed by atoms with Crippen molar-refractivity contribution in [2.45, 2.75) is 0 Å². The van der Waals surface area contributed by atoms with Crippen LogP contribution in [0.15, 0.2) is 6.20 Å². The average molecular weight is 142 g/mol. The van der Waals surface area contributed by atoms with E-state index in [9.17, 15) is 4.79 Å². The van der Waals surface area contributed by atoms with Crippen LogP contribution in [0.3, 0.4) is 0 Å². The second kappa shape index (κ2) is 2.54. The third kappa shape index (κ3) is 1.23. The van der Waals surface area contributed by atoms with E-state index in [1.54, 1.807) is 0 Å². The van der Waals surface area contributed by atoms with Crippen LogP contribution in [0.1, 0.15) is 9.67 Å². The number of amides is 1. The Bertz CT molecular complexity index is 196. The molecule has 1 rings (SSSR count). The fraction of sp³-hybridized carbons (Fsp3) is 0. The molecule has 47 valence electrons. The third-order valence-corrected chi connectivity index (χ3v) is 1.41. The standard InChI is InChI=1S/C4H4N3OS/c1-5-4(8)3-2-6-7-9-3/h2H,1H2,(H,5,8). The van der Waals surface area contributed by atoms with Gasteiger partial charge in [-0.15, -0.1) is 5.10 Å². The normalized spacial score (nSPS) is 9.00. The highest BCUT2D eigenvalue weighted by Gasteiger charge is 2.03. The van der Waals surface area contributed by atoms with Crippen molar-refractivity contribution in [3.63, 3.8) is 0 Å². The summed E-state index contributed by atoms with van der Waals surface area (Å²) < 4.78 is 3.49. The van der Waals surface area contributed by atoms with Crippen molar-refractivity contribution in [2.24, 2.45) is 0 Å². The molecule has 1 heterocycles. The second-order valence-corrected chi connectivity index (χ2v) is 2.07. The Morgan fingerprint density at radius 2 is 2.67 bits per heavy atom. The zero-order chi connectivity index (χ0) is 6.69. The summed E-state index contributed by atoms with van der Waals surface area (Å²) >= 11 is 1.04. The van der Waals surface area contributed by atoms with Crippen molar-refractivity contribution in [1.82, 2.24) is 14.9 Å². The van der Waals surface area contributed by atoms with Gasteiger partial charge in [0.25, 0.3) is 5.91 Å². The van der Waals surface area contributed by atoms with Gasteiger partial charge in [0.15, 0.2) is 0 Å². The maximum atomic E-state index is 10.6. The van der Waals surface area contributed by atoms with E-state index in [2.05, 4.69) is 22.0 Å². The zero-order valence-electron chi connectivity index (χ0n) is 4.50. The monoisotopic (exact) mass is 142 g/mol. The predicted octanol–water partition coefficient (Wildman–Crippen LogP) is 0.0595. The molecule has 0 fully saturated rings. The Morgan fingerprint density at radius 1 is 1.89 bits per heavy atom. The van der Waals surface area contributed by atoms with Gasteiger partial charge in [0.05, 0.1) is 6.20 Å². The molecule has 9 heavy (non-hydrogen) atoms. The SMILES string of the molecule is [CH2]NC(=O)c1cnns1. The summed E-state index contributed by atoms with van der Waals surface area (Å²) in [5.41, 5.74) is 0. The lowest BCUT2D eigenvalue weighted by atomic mass is 10.5. The lowest BCUT2D eigenvalue weighted by Gasteiger charge is -1.88. The van der Waals surface area contributed by atoms with Gasteiger partial charge >= 0.3 is 0 Å². The van der Waals surface area contributed by atoms with Gasteiger partial charge in [-0.2, -0.15) is 0 Å². The van der Waals surface area contributed by atoms with Crippen LogP contribution in [0.4, 0.5) is 0 Å². The van der Waals surface area contributed by atoms with Gasteiger partial charge in [-0.1, -0.05) is 4.49 Å². The zero-order valence-corrected chi connectivity index (χ0v) is 5.31. The van der Waals surface area contributed by atoms with Gasteiger partial charge in [0, 0.05) is 7.05 Å². The van der Waals surface area contributed by atoms with Gasteiger partial charge in [-0.05, 0) is 11.5 Å². The Hall–Kier alpha value is -0.970. The third-order valence-electron chi connectivity index (χ3n) is 0.746. The van der Waals surface area contributed by atoms with Crippen molar-refractivity contribution in [2.75, 3.05) is 0 Å². The largest absolute Gasteiger partial charge is 0.349 e. The van der Waals surface area contributed by atoms with E-state index in [-0.39, 0.29) is 5.91 Å². The summed E-state index contributed by atoms with van der Waals surface area (Å²) in [6.07, 6.45) is 1.39. The van der Waals surface area contributed by atoms with Gasteiger partial charge in [0.1, 0.15) is 4.88 Å². The summed E-state index contributed by atoms with van der Waals surface area (Å²) in [6, 6.07) is 0. The van der Waals surface area contributed by atoms with Gasteiger partial charge < -0.3 is 5.32 Å². The molecular formula is C4H4N3OS. The quantitative estimate of drug-likeness (QED) is 0.603. The van der Waals surface area contributed by atoms with Crippen molar-refractivity contribution in [3.05, 3.63) is 18.1 Å². The fourth-order valence-electron chi connectivity index (χ4n) is 0.354. The van der Waals surface area contributed by atoms with Crippen LogP contribution in [-0.4, -0.2) is 15.5 Å². The van der Waals surface area contributed by atoms with Crippen LogP contribution < -0.4 is 5.32 Å². The molecule has 0 aliphatic heterocycles. The van der Waals surface area contributed by atoms with E-state index in [1.807, 2.05) is 0 Å². The Labute approximate surface area is 56.1 Å². The van der Waals surface area contributed by atoms with Gasteiger partial charge in [-0.3, -0.25) is 4.79 Å². The summed E-state index contributed by atoms with van der Waals surface area (Å²) in [5.74, 6) is -0.245. The Morgan fingerprint density at radius 3 is 3.11 bits per heavy atom. The fourth-order valence-corrected chi connectivity index (χ4v) is 0.786. The van der Waals surface area contributed by atoms with E-state index in [0.717, 1.165) is 11.5 Å². The molecule has 0 unspecified atom stereocenters. The lowest BCUT2D eigenvalue weighted by Crippen LogP contribution is -2.13. The maximum absolute atomic E-state index is 10.6. The number of hydrogen-bond acceptors (Lipinski definition) is 4. The molecule has 0 spiro atoms. The van der Waals surface area contributed by atoms with Crippen LogP contribution >= 0.6 is 11.5 Å². The van der Waals surface area contributed by atoms with Crippen molar-refractivity contribution >= 4 is 17.4 Å². The second-order valence-electron chi connectivity index (χ2n) is 1.29. The molecule has 0 bridgehead atoms. The summed E-state index contributed by atoms with van der Waals surface area (Å²) in [5, 5.41) is 5.68. The Balaban J connectivity index is 2.77. The number of nitrogens with one attached hydrogen (secondary N) is 1. The van der Waals surface area contributed by atoms with E-state index in [1.165, 1.54) is 6.20 Å². The average Bonchev–Trinajstić information content (AvgIpc) is 2.37. The predicted molar refractivity (Wildman–Crippen MR) is 32.7 cm³/mol. The number of rotatable bonds is 1. The first kappa shape index (κ1) is 6.15. The highest BCUT2D eigenvalue weighted by atomic mass is 32.1. The highest BCUT2D eigenvalue weighted by molar-refractivity contribution is 7.07. The van der Waals surface area contributed by atoms with Crippen molar-refractivity contribution in [1.29, 1.82) is 0 Å². The lowest BCUT2D eigenvalue weighted by molar-refractivity contribution is 0.0973. The minimum Gasteiger partial charge on any atom is -0.349 e. The Kier molecular flexibility index (Phi) is 1.74. The molecule has 0 saturated carbocycles. The molecule has 1 aromatic heterocycles. The molecule has 0 aliphatic rings. The number of carbonyl (C=O) groups excluding carboxylic acids is 1. The summed E-state index contributed by atoms with van der Waals surface area (Å²) in [4.78, 5) is 11.1. The van der Waals surface area contributed by atoms with Gasteiger partial charge in [-0.25, -0.2) is 0 Å². The number of carbonyl (C=O) groups is 1. The molecule has 0 aliphatic carbocycles. The number of aromatic nitrogens is 2. The molecule has 5 heteroatoms. The molecular weight excluding hydrogens is 138 g/mol. The summed E-state index contributed by atoms with van der Waals surface area (Å²) in [7, 11) is 3.19. The first-order valence-corrected chi connectivity index (χ1v) is 2.96. The number of hydrogen-bond donors (Lipinski definition) is 1. The first-order valence-electron chi connectivity index (χ1n) is 2.19. The topological polar surface area (TPSA) is 54.9 Å². The molecule has 1 amide bonds. The molecule has 1 N–H and O–H groups in total. The minimum atomic E-state index is -0.245. The van der Waals surface area contributed by atoms with E-state index < -0.39 is 0 Å². The number of nitrogens with zero attached hydrogens (tertiary/aromatic N) is 2. The van der Waals surface area contributed by atoms with Crippen LogP contribution in [0.2, 0.25) is 0 Å². The first-order chi connectivity index (χ1) is 4.34. The summed E-state index contributed by atoms with van der Waals surface area (Å²) in [6.45, 7) is 0. The van der Waals surface area contributed by atoms with Crippen LogP contribution in [0, 0.1) is 7.05 Å². The van der Waals surface area contributed by atoms with Crippen molar-refractivity contribution in [3.8, 4) is 0 Å². The van der Waals surface area contributed by atoms with Crippen LogP contribution in [0.5, 0.6) is 0 Å². The maximum Gasteiger partial charge on any atom is 0.264 e. The molecule has 0 aromatic carbocycles. The van der Waals surface area contributed by atoms with Gasteiger partial charge in [0.2, 0.25) is 0 Å². The molecule has 0 atom stereocenters. The van der Waals surface area contributed by atoms with Crippen molar-refractivity contribution < 1.29 is 4.79 Å². The van der Waals surface area contributed by atoms with E-state index in [4.69, 9.17) is 0 Å².